The van der Waals surface area contributed by atoms with Gasteiger partial charge >= 0.3 is 0 Å². The van der Waals surface area contributed by atoms with Gasteiger partial charge in [-0.15, -0.1) is 0 Å². The lowest BCUT2D eigenvalue weighted by Crippen LogP contribution is -2.39. The van der Waals surface area contributed by atoms with Gasteiger partial charge in [0.05, 0.1) is 19.8 Å². The second-order valence-electron chi connectivity index (χ2n) is 7.14. The van der Waals surface area contributed by atoms with Crippen molar-refractivity contribution in [2.24, 2.45) is 5.10 Å². The van der Waals surface area contributed by atoms with Crippen LogP contribution in [0.2, 0.25) is 0 Å². The van der Waals surface area contributed by atoms with Crippen LogP contribution in [0.25, 0.3) is 0 Å². The number of hydrogen-bond acceptors (Lipinski definition) is 5. The fraction of sp³-hybridized carbons (Fsp3) is 0.375. The Hall–Kier alpha value is -3.35. The highest BCUT2D eigenvalue weighted by Gasteiger charge is 2.24. The zero-order valence-corrected chi connectivity index (χ0v) is 18.1. The van der Waals surface area contributed by atoms with Crippen molar-refractivity contribution >= 4 is 17.5 Å². The lowest BCUT2D eigenvalue weighted by Gasteiger charge is -2.23. The maximum absolute atomic E-state index is 12.6. The number of carbonyl (C=O) groups excluding carboxylic acids is 2. The van der Waals surface area contributed by atoms with Crippen molar-refractivity contribution in [3.8, 4) is 11.5 Å². The topological polar surface area (TPSA) is 80.2 Å². The van der Waals surface area contributed by atoms with Gasteiger partial charge in [-0.25, -0.2) is 5.01 Å². The van der Waals surface area contributed by atoms with E-state index in [9.17, 15) is 9.59 Å². The molecule has 0 saturated heterocycles. The molecule has 2 aromatic rings. The van der Waals surface area contributed by atoms with Gasteiger partial charge in [0.25, 0.3) is 5.91 Å². The average molecular weight is 424 g/mol. The third-order valence-corrected chi connectivity index (χ3v) is 4.85. The van der Waals surface area contributed by atoms with Crippen molar-refractivity contribution in [1.82, 2.24) is 10.3 Å². The quantitative estimate of drug-likeness (QED) is 0.636. The number of nitrogens with one attached hydrogen (secondary N) is 1. The van der Waals surface area contributed by atoms with Crippen LogP contribution in [-0.4, -0.2) is 42.3 Å². The molecule has 1 aliphatic heterocycles. The van der Waals surface area contributed by atoms with Crippen LogP contribution in [0.4, 0.5) is 0 Å². The molecule has 7 heteroatoms. The minimum Gasteiger partial charge on any atom is -0.490 e. The highest BCUT2D eigenvalue weighted by molar-refractivity contribution is 6.39. The first-order valence-corrected chi connectivity index (χ1v) is 10.7. The second kappa shape index (κ2) is 11.2. The summed E-state index contributed by atoms with van der Waals surface area (Å²) in [5, 5.41) is 8.60. The normalized spacial score (nSPS) is 13.5. The molecule has 31 heavy (non-hydrogen) atoms. The summed E-state index contributed by atoms with van der Waals surface area (Å²) >= 11 is 0. The predicted octanol–water partition coefficient (Wildman–Crippen LogP) is 3.32. The molecule has 1 heterocycles. The molecular formula is C24H29N3O4. The van der Waals surface area contributed by atoms with E-state index >= 15 is 0 Å². The van der Waals surface area contributed by atoms with Crippen molar-refractivity contribution in [1.29, 1.82) is 0 Å². The van der Waals surface area contributed by atoms with Crippen molar-refractivity contribution in [2.45, 2.75) is 39.7 Å². The first-order chi connectivity index (χ1) is 15.1. The molecule has 0 aliphatic carbocycles. The Labute approximate surface area is 183 Å². The number of amides is 2. The zero-order valence-electron chi connectivity index (χ0n) is 18.1. The lowest BCUT2D eigenvalue weighted by molar-refractivity contribution is -0.132. The first kappa shape index (κ1) is 22.3. The lowest BCUT2D eigenvalue weighted by atomic mass is 10.1. The molecule has 164 valence electrons. The molecule has 0 fully saturated rings. The minimum atomic E-state index is -0.235. The van der Waals surface area contributed by atoms with Crippen LogP contribution in [0.15, 0.2) is 53.6 Å². The van der Waals surface area contributed by atoms with Gasteiger partial charge in [-0.05, 0) is 43.5 Å². The molecule has 2 aromatic carbocycles. The van der Waals surface area contributed by atoms with Crippen LogP contribution in [-0.2, 0) is 22.6 Å². The molecule has 1 aliphatic rings. The summed E-state index contributed by atoms with van der Waals surface area (Å²) in [6, 6.07) is 15.4. The Bertz CT molecular complexity index is 928. The van der Waals surface area contributed by atoms with Crippen molar-refractivity contribution in [3.05, 3.63) is 59.7 Å². The van der Waals surface area contributed by atoms with Crippen LogP contribution in [0.3, 0.4) is 0 Å². The van der Waals surface area contributed by atoms with Gasteiger partial charge in [0.2, 0.25) is 5.91 Å². The Balaban J connectivity index is 1.57. The Morgan fingerprint density at radius 2 is 1.74 bits per heavy atom. The van der Waals surface area contributed by atoms with Gasteiger partial charge in [-0.3, -0.25) is 9.59 Å². The summed E-state index contributed by atoms with van der Waals surface area (Å²) in [6.07, 6.45) is 1.29. The van der Waals surface area contributed by atoms with Crippen molar-refractivity contribution in [2.75, 3.05) is 19.8 Å². The fourth-order valence-electron chi connectivity index (χ4n) is 3.32. The Kier molecular flexibility index (Phi) is 8.04. The highest BCUT2D eigenvalue weighted by atomic mass is 16.5. The zero-order chi connectivity index (χ0) is 22.1. The third-order valence-electron chi connectivity index (χ3n) is 4.85. The van der Waals surface area contributed by atoms with E-state index in [1.165, 1.54) is 5.01 Å². The first-order valence-electron chi connectivity index (χ1n) is 10.7. The molecule has 7 nitrogen and oxygen atoms in total. The number of nitrogens with zero attached hydrogens (tertiary/aromatic N) is 2. The standard InChI is InChI=1S/C24H29N3O4/c1-3-30-21-12-10-18(16-22(21)31-4-2)14-15-25-24(29)20-11-13-23(28)27(26-20)17-19-8-6-5-7-9-19/h5-10,12,16H,3-4,11,13-15,17H2,1-2H3,(H,25,29). The molecule has 0 unspecified atom stereocenters. The Morgan fingerprint density at radius 3 is 2.48 bits per heavy atom. The van der Waals surface area contributed by atoms with E-state index in [2.05, 4.69) is 10.4 Å². The summed E-state index contributed by atoms with van der Waals surface area (Å²) in [5.74, 6) is 1.12. The predicted molar refractivity (Wildman–Crippen MR) is 119 cm³/mol. The summed E-state index contributed by atoms with van der Waals surface area (Å²) in [5.41, 5.74) is 2.40. The van der Waals surface area contributed by atoms with Gasteiger partial charge in [0.1, 0.15) is 5.71 Å². The number of carbonyl (C=O) groups is 2. The van der Waals surface area contributed by atoms with Gasteiger partial charge in [0, 0.05) is 19.4 Å². The molecule has 3 rings (SSSR count). The molecule has 0 spiro atoms. The van der Waals surface area contributed by atoms with Gasteiger partial charge in [-0.1, -0.05) is 36.4 Å². The molecule has 0 saturated carbocycles. The monoisotopic (exact) mass is 423 g/mol. The van der Waals surface area contributed by atoms with Crippen LogP contribution < -0.4 is 14.8 Å². The summed E-state index contributed by atoms with van der Waals surface area (Å²) in [7, 11) is 0. The van der Waals surface area contributed by atoms with Crippen LogP contribution in [0, 0.1) is 0 Å². The van der Waals surface area contributed by atoms with Crippen LogP contribution in [0.5, 0.6) is 11.5 Å². The van der Waals surface area contributed by atoms with E-state index in [1.807, 2.05) is 62.4 Å². The third kappa shape index (κ3) is 6.31. The summed E-state index contributed by atoms with van der Waals surface area (Å²) in [6.45, 7) is 5.81. The number of rotatable bonds is 10. The SMILES string of the molecule is CCOc1ccc(CCNC(=O)C2=NN(Cc3ccccc3)C(=O)CC2)cc1OCC. The number of ether oxygens (including phenoxy) is 2. The van der Waals surface area contributed by atoms with Gasteiger partial charge in [-0.2, -0.15) is 5.10 Å². The van der Waals surface area contributed by atoms with E-state index in [-0.39, 0.29) is 18.2 Å². The summed E-state index contributed by atoms with van der Waals surface area (Å²) in [4.78, 5) is 24.8. The molecule has 0 aromatic heterocycles. The smallest absolute Gasteiger partial charge is 0.267 e. The van der Waals surface area contributed by atoms with E-state index < -0.39 is 0 Å². The van der Waals surface area contributed by atoms with Crippen molar-refractivity contribution < 1.29 is 19.1 Å². The molecule has 1 N–H and O–H groups in total. The summed E-state index contributed by atoms with van der Waals surface area (Å²) < 4.78 is 11.2. The van der Waals surface area contributed by atoms with Gasteiger partial charge < -0.3 is 14.8 Å². The van der Waals surface area contributed by atoms with Crippen molar-refractivity contribution in [3.63, 3.8) is 0 Å². The van der Waals surface area contributed by atoms with E-state index in [0.717, 1.165) is 16.9 Å². The molecular weight excluding hydrogens is 394 g/mol. The highest BCUT2D eigenvalue weighted by Crippen LogP contribution is 2.28. The van der Waals surface area contributed by atoms with E-state index in [4.69, 9.17) is 9.47 Å². The molecule has 0 radical (unpaired) electrons. The number of benzene rings is 2. The molecule has 0 bridgehead atoms. The maximum atomic E-state index is 12.6. The number of hydrogen-bond donors (Lipinski definition) is 1. The number of hydrazone groups is 1. The molecule has 0 atom stereocenters. The Morgan fingerprint density at radius 1 is 1.00 bits per heavy atom. The minimum absolute atomic E-state index is 0.0711. The fourth-order valence-corrected chi connectivity index (χ4v) is 3.32. The molecule has 2 amide bonds. The van der Waals surface area contributed by atoms with Gasteiger partial charge in [0.15, 0.2) is 11.5 Å². The maximum Gasteiger partial charge on any atom is 0.267 e. The largest absolute Gasteiger partial charge is 0.490 e. The van der Waals surface area contributed by atoms with E-state index in [0.29, 0.717) is 50.6 Å². The average Bonchev–Trinajstić information content (AvgIpc) is 2.78. The van der Waals surface area contributed by atoms with E-state index in [1.54, 1.807) is 0 Å². The van der Waals surface area contributed by atoms with Crippen LogP contribution in [0.1, 0.15) is 37.8 Å². The van der Waals surface area contributed by atoms with Crippen LogP contribution >= 0.6 is 0 Å². The second-order valence-corrected chi connectivity index (χ2v) is 7.14.